The van der Waals surface area contributed by atoms with Crippen LogP contribution in [0.5, 0.6) is 5.75 Å². The molecule has 2 aliphatic rings. The molecule has 0 spiro atoms. The van der Waals surface area contributed by atoms with Crippen molar-refractivity contribution in [2.75, 3.05) is 39.0 Å². The SMILES string of the molecule is CON=C(c1ncccc1O)C1CCN(C(=O)C2CCN(Cc3cnc(N)nc3)CC2)CC1. The first-order chi connectivity index (χ1) is 16.0. The molecule has 0 saturated carbocycles. The first-order valence-electron chi connectivity index (χ1n) is 11.4. The maximum Gasteiger partial charge on any atom is 0.225 e. The van der Waals surface area contributed by atoms with E-state index in [1.807, 2.05) is 4.90 Å². The van der Waals surface area contributed by atoms with Crippen LogP contribution in [0.25, 0.3) is 0 Å². The second-order valence-corrected chi connectivity index (χ2v) is 8.63. The van der Waals surface area contributed by atoms with Crippen molar-refractivity contribution >= 4 is 17.6 Å². The van der Waals surface area contributed by atoms with Crippen LogP contribution in [-0.2, 0) is 16.2 Å². The maximum absolute atomic E-state index is 13.1. The van der Waals surface area contributed by atoms with Crippen LogP contribution in [0.1, 0.15) is 36.9 Å². The largest absolute Gasteiger partial charge is 0.506 e. The number of oxime groups is 1. The second kappa shape index (κ2) is 10.6. The van der Waals surface area contributed by atoms with Gasteiger partial charge < -0.3 is 20.6 Å². The number of amides is 1. The summed E-state index contributed by atoms with van der Waals surface area (Å²) < 4.78 is 0. The zero-order valence-electron chi connectivity index (χ0n) is 18.9. The Hall–Kier alpha value is -3.27. The monoisotopic (exact) mass is 453 g/mol. The lowest BCUT2D eigenvalue weighted by Gasteiger charge is -2.37. The Bertz CT molecular complexity index is 966. The van der Waals surface area contributed by atoms with E-state index in [1.54, 1.807) is 30.7 Å². The number of aromatic nitrogens is 3. The van der Waals surface area contributed by atoms with E-state index >= 15 is 0 Å². The number of carbonyl (C=O) groups excluding carboxylic acids is 1. The number of carbonyl (C=O) groups is 1. The lowest BCUT2D eigenvalue weighted by molar-refractivity contribution is -0.138. The topological polar surface area (TPSA) is 130 Å². The molecule has 10 heteroatoms. The molecule has 2 fully saturated rings. The lowest BCUT2D eigenvalue weighted by atomic mass is 9.88. The number of anilines is 1. The Kier molecular flexibility index (Phi) is 7.33. The molecule has 0 radical (unpaired) electrons. The molecule has 2 aliphatic heterocycles. The van der Waals surface area contributed by atoms with E-state index in [1.165, 1.54) is 7.11 Å². The van der Waals surface area contributed by atoms with E-state index in [2.05, 4.69) is 25.0 Å². The lowest BCUT2D eigenvalue weighted by Crippen LogP contribution is -2.46. The van der Waals surface area contributed by atoms with Gasteiger partial charge >= 0.3 is 0 Å². The van der Waals surface area contributed by atoms with Crippen molar-refractivity contribution in [2.24, 2.45) is 17.0 Å². The predicted molar refractivity (Wildman–Crippen MR) is 123 cm³/mol. The average molecular weight is 454 g/mol. The van der Waals surface area contributed by atoms with Crippen LogP contribution < -0.4 is 5.73 Å². The van der Waals surface area contributed by atoms with Crippen molar-refractivity contribution in [2.45, 2.75) is 32.2 Å². The number of likely N-dealkylation sites (tertiary alicyclic amines) is 2. The minimum absolute atomic E-state index is 0.0624. The zero-order chi connectivity index (χ0) is 23.2. The van der Waals surface area contributed by atoms with Crippen molar-refractivity contribution in [1.29, 1.82) is 0 Å². The second-order valence-electron chi connectivity index (χ2n) is 8.63. The summed E-state index contributed by atoms with van der Waals surface area (Å²) in [4.78, 5) is 34.9. The smallest absolute Gasteiger partial charge is 0.225 e. The molecule has 2 aromatic rings. The molecule has 0 unspecified atom stereocenters. The molecule has 2 saturated heterocycles. The third-order valence-corrected chi connectivity index (χ3v) is 6.48. The maximum atomic E-state index is 13.1. The molecule has 0 aromatic carbocycles. The van der Waals surface area contributed by atoms with Gasteiger partial charge in [0.1, 0.15) is 24.3 Å². The fourth-order valence-corrected chi connectivity index (χ4v) is 4.68. The summed E-state index contributed by atoms with van der Waals surface area (Å²) in [6, 6.07) is 3.28. The first-order valence-corrected chi connectivity index (χ1v) is 11.4. The number of nitrogens with zero attached hydrogens (tertiary/aromatic N) is 6. The van der Waals surface area contributed by atoms with Gasteiger partial charge in [-0.25, -0.2) is 9.97 Å². The minimum atomic E-state index is 0.0624. The third kappa shape index (κ3) is 5.57. The van der Waals surface area contributed by atoms with Gasteiger partial charge in [0.15, 0.2) is 0 Å². The normalized spacial score (nSPS) is 18.9. The first kappa shape index (κ1) is 22.9. The number of rotatable bonds is 6. The highest BCUT2D eigenvalue weighted by Crippen LogP contribution is 2.28. The van der Waals surface area contributed by atoms with Crippen molar-refractivity contribution in [3.05, 3.63) is 42.0 Å². The summed E-state index contributed by atoms with van der Waals surface area (Å²) in [5, 5.41) is 14.4. The van der Waals surface area contributed by atoms with Crippen molar-refractivity contribution in [1.82, 2.24) is 24.8 Å². The molecule has 4 heterocycles. The number of pyridine rings is 1. The molecule has 176 valence electrons. The van der Waals surface area contributed by atoms with Gasteiger partial charge in [-0.2, -0.15) is 0 Å². The summed E-state index contributed by atoms with van der Waals surface area (Å²) in [5.74, 6) is 0.759. The molecular formula is C23H31N7O3. The highest BCUT2D eigenvalue weighted by atomic mass is 16.6. The van der Waals surface area contributed by atoms with Crippen LogP contribution in [0.15, 0.2) is 35.9 Å². The highest BCUT2D eigenvalue weighted by Gasteiger charge is 2.33. The van der Waals surface area contributed by atoms with Crippen LogP contribution in [0, 0.1) is 11.8 Å². The van der Waals surface area contributed by atoms with Gasteiger partial charge in [0.2, 0.25) is 11.9 Å². The van der Waals surface area contributed by atoms with Crippen molar-refractivity contribution in [3.63, 3.8) is 0 Å². The molecular weight excluding hydrogens is 422 g/mol. The fourth-order valence-electron chi connectivity index (χ4n) is 4.68. The molecule has 0 aliphatic carbocycles. The van der Waals surface area contributed by atoms with Crippen LogP contribution in [0.4, 0.5) is 5.95 Å². The van der Waals surface area contributed by atoms with E-state index < -0.39 is 0 Å². The fraction of sp³-hybridized carbons (Fsp3) is 0.522. The van der Waals surface area contributed by atoms with Gasteiger partial charge in [-0.1, -0.05) is 5.16 Å². The summed E-state index contributed by atoms with van der Waals surface area (Å²) >= 11 is 0. The summed E-state index contributed by atoms with van der Waals surface area (Å²) in [6.45, 7) is 3.86. The van der Waals surface area contributed by atoms with Crippen LogP contribution in [0.2, 0.25) is 0 Å². The number of piperidine rings is 2. The molecule has 10 nitrogen and oxygen atoms in total. The Balaban J connectivity index is 1.28. The van der Waals surface area contributed by atoms with Gasteiger partial charge in [-0.15, -0.1) is 0 Å². The average Bonchev–Trinajstić information content (AvgIpc) is 2.85. The third-order valence-electron chi connectivity index (χ3n) is 6.48. The van der Waals surface area contributed by atoms with Crippen LogP contribution in [-0.4, -0.2) is 74.8 Å². The Morgan fingerprint density at radius 1 is 1.12 bits per heavy atom. The van der Waals surface area contributed by atoms with E-state index in [9.17, 15) is 9.90 Å². The Morgan fingerprint density at radius 3 is 2.42 bits per heavy atom. The van der Waals surface area contributed by atoms with Gasteiger partial charge in [-0.05, 0) is 50.9 Å². The number of hydrogen-bond donors (Lipinski definition) is 2. The van der Waals surface area contributed by atoms with E-state index in [0.29, 0.717) is 24.5 Å². The minimum Gasteiger partial charge on any atom is -0.506 e. The summed E-state index contributed by atoms with van der Waals surface area (Å²) in [5.41, 5.74) is 7.67. The molecule has 0 atom stereocenters. The number of aromatic hydroxyl groups is 1. The van der Waals surface area contributed by atoms with Crippen molar-refractivity contribution in [3.8, 4) is 5.75 Å². The van der Waals surface area contributed by atoms with Gasteiger partial charge in [0.05, 0.1) is 0 Å². The predicted octanol–water partition coefficient (Wildman–Crippen LogP) is 1.66. The van der Waals surface area contributed by atoms with Gasteiger partial charge in [0.25, 0.3) is 0 Å². The summed E-state index contributed by atoms with van der Waals surface area (Å²) in [6.07, 6.45) is 8.39. The van der Waals surface area contributed by atoms with Gasteiger partial charge in [-0.3, -0.25) is 14.7 Å². The number of nitrogens with two attached hydrogens (primary N) is 1. The zero-order valence-corrected chi connectivity index (χ0v) is 18.9. The quantitative estimate of drug-likeness (QED) is 0.499. The molecule has 0 bridgehead atoms. The molecule has 2 aromatic heterocycles. The van der Waals surface area contributed by atoms with E-state index in [0.717, 1.165) is 50.9 Å². The number of nitrogen functional groups attached to an aromatic ring is 1. The van der Waals surface area contributed by atoms with Crippen LogP contribution in [0.3, 0.4) is 0 Å². The molecule has 33 heavy (non-hydrogen) atoms. The molecule has 3 N–H and O–H groups in total. The van der Waals surface area contributed by atoms with E-state index in [-0.39, 0.29) is 29.4 Å². The van der Waals surface area contributed by atoms with Crippen molar-refractivity contribution < 1.29 is 14.7 Å². The van der Waals surface area contributed by atoms with Crippen LogP contribution >= 0.6 is 0 Å². The number of hydrogen-bond acceptors (Lipinski definition) is 9. The standard InChI is InChI=1S/C23H31N7O3/c1-33-28-20(21-19(31)3-2-8-25-21)17-6-11-30(12-7-17)22(32)18-4-9-29(10-5-18)15-16-13-26-23(24)27-14-16/h2-3,8,13-14,17-18,31H,4-7,9-12,15H2,1H3,(H2,24,26,27). The van der Waals surface area contributed by atoms with Gasteiger partial charge in [0, 0.05) is 55.6 Å². The molecule has 1 amide bonds. The highest BCUT2D eigenvalue weighted by molar-refractivity contribution is 6.02. The van der Waals surface area contributed by atoms with E-state index in [4.69, 9.17) is 10.6 Å². The summed E-state index contributed by atoms with van der Waals surface area (Å²) in [7, 11) is 1.49. The Labute approximate surface area is 193 Å². The molecule has 4 rings (SSSR count). The Morgan fingerprint density at radius 2 is 1.79 bits per heavy atom.